The van der Waals surface area contributed by atoms with Gasteiger partial charge in [0.05, 0.1) is 25.4 Å². The maximum absolute atomic E-state index is 10.3. The number of aliphatic hydroxyl groups excluding tert-OH is 9. The molecule has 0 aromatic rings. The van der Waals surface area contributed by atoms with Gasteiger partial charge in [-0.2, -0.15) is 0 Å². The summed E-state index contributed by atoms with van der Waals surface area (Å²) in [5.41, 5.74) is 5.99. The van der Waals surface area contributed by atoms with Crippen molar-refractivity contribution in [3.8, 4) is 0 Å². The van der Waals surface area contributed by atoms with Crippen molar-refractivity contribution in [3.63, 3.8) is 0 Å². The Kier molecular flexibility index (Phi) is 8.99. The molecule has 0 bridgehead atoms. The van der Waals surface area contributed by atoms with Crippen LogP contribution in [0.5, 0.6) is 0 Å². The average molecular weight is 487 g/mol. The monoisotopic (exact) mass is 487 g/mol. The van der Waals surface area contributed by atoms with Crippen LogP contribution >= 0.6 is 0 Å². The molecular weight excluding hydrogens is 454 g/mol. The van der Waals surface area contributed by atoms with E-state index in [1.807, 2.05) is 0 Å². The van der Waals surface area contributed by atoms with Gasteiger partial charge in [-0.1, -0.05) is 0 Å². The largest absolute Gasteiger partial charge is 0.394 e. The molecule has 0 radical (unpaired) electrons. The Bertz CT molecular complexity index is 629. The van der Waals surface area contributed by atoms with E-state index in [-0.39, 0.29) is 0 Å². The Hall–Kier alpha value is -0.600. The fraction of sp³-hybridized carbons (Fsp3) is 1.00. The molecule has 0 aliphatic carbocycles. The molecule has 15 atom stereocenters. The van der Waals surface area contributed by atoms with Crippen molar-refractivity contribution in [1.82, 2.24) is 0 Å². The molecule has 0 amide bonds. The molecule has 3 fully saturated rings. The normalized spacial score (nSPS) is 53.7. The first-order valence-electron chi connectivity index (χ1n) is 10.5. The van der Waals surface area contributed by atoms with E-state index in [9.17, 15) is 46.0 Å². The van der Waals surface area contributed by atoms with E-state index in [1.165, 1.54) is 6.92 Å². The molecule has 0 spiro atoms. The molecule has 11 N–H and O–H groups in total. The molecule has 0 saturated carbocycles. The molecule has 15 heteroatoms. The van der Waals surface area contributed by atoms with Gasteiger partial charge in [0.2, 0.25) is 0 Å². The summed E-state index contributed by atoms with van der Waals surface area (Å²) in [6.45, 7) is -0.00630. The lowest BCUT2D eigenvalue weighted by atomic mass is 9.95. The number of hydrogen-bond acceptors (Lipinski definition) is 15. The Morgan fingerprint density at radius 3 is 1.73 bits per heavy atom. The van der Waals surface area contributed by atoms with Crippen LogP contribution in [-0.2, 0) is 23.7 Å². The first-order valence-corrected chi connectivity index (χ1v) is 10.5. The summed E-state index contributed by atoms with van der Waals surface area (Å²) >= 11 is 0. The predicted octanol–water partition coefficient (Wildman–Crippen LogP) is -6.58. The second-order valence-electron chi connectivity index (χ2n) is 8.41. The standard InChI is InChI=1S/C18H33NO14/c1-4-8(22)10(24)12(26)17(29-4)32-14-6(3-21)30-16(28)7(19)15(14)33-18-13(27)11(25)9(23)5(2-20)31-18/h4-18,20-28H,2-3,19H2,1H3. The molecule has 0 aromatic heterocycles. The minimum Gasteiger partial charge on any atom is -0.394 e. The second-order valence-corrected chi connectivity index (χ2v) is 8.41. The van der Waals surface area contributed by atoms with Crippen LogP contribution in [-0.4, -0.2) is 151 Å². The van der Waals surface area contributed by atoms with Gasteiger partial charge in [-0.05, 0) is 6.92 Å². The molecule has 3 saturated heterocycles. The molecule has 0 aromatic carbocycles. The van der Waals surface area contributed by atoms with Crippen molar-refractivity contribution in [2.45, 2.75) is 99.0 Å². The van der Waals surface area contributed by atoms with Crippen LogP contribution in [0, 0.1) is 0 Å². The number of aliphatic hydroxyl groups is 9. The van der Waals surface area contributed by atoms with E-state index in [0.717, 1.165) is 0 Å². The van der Waals surface area contributed by atoms with Crippen molar-refractivity contribution in [3.05, 3.63) is 0 Å². The molecule has 15 unspecified atom stereocenters. The first kappa shape index (κ1) is 27.0. The first-order chi connectivity index (χ1) is 15.5. The topological polar surface area (TPSA) is 254 Å². The average Bonchev–Trinajstić information content (AvgIpc) is 2.80. The number of ether oxygens (including phenoxy) is 5. The Balaban J connectivity index is 1.83. The van der Waals surface area contributed by atoms with E-state index in [2.05, 4.69) is 0 Å². The molecule has 3 rings (SSSR count). The van der Waals surface area contributed by atoms with Gasteiger partial charge in [0, 0.05) is 0 Å². The summed E-state index contributed by atoms with van der Waals surface area (Å²) in [5, 5.41) is 89.7. The number of nitrogens with two attached hydrogens (primary N) is 1. The van der Waals surface area contributed by atoms with Crippen LogP contribution in [0.25, 0.3) is 0 Å². The molecule has 3 aliphatic heterocycles. The van der Waals surface area contributed by atoms with E-state index in [4.69, 9.17) is 29.4 Å². The van der Waals surface area contributed by atoms with Crippen LogP contribution in [0.2, 0.25) is 0 Å². The summed E-state index contributed by atoms with van der Waals surface area (Å²) in [6.07, 6.45) is -21.1. The van der Waals surface area contributed by atoms with E-state index in [0.29, 0.717) is 0 Å². The van der Waals surface area contributed by atoms with Crippen LogP contribution < -0.4 is 5.73 Å². The van der Waals surface area contributed by atoms with E-state index < -0.39 is 105 Å². The Labute approximate surface area is 188 Å². The molecular formula is C18H33NO14. The minimum atomic E-state index is -1.79. The minimum absolute atomic E-state index is 0.716. The third-order valence-electron chi connectivity index (χ3n) is 6.13. The van der Waals surface area contributed by atoms with Gasteiger partial charge in [0.15, 0.2) is 18.9 Å². The highest BCUT2D eigenvalue weighted by atomic mass is 16.7. The lowest BCUT2D eigenvalue weighted by Crippen LogP contribution is -2.68. The molecule has 3 heterocycles. The molecule has 15 nitrogen and oxygen atoms in total. The maximum atomic E-state index is 10.3. The van der Waals surface area contributed by atoms with Crippen LogP contribution in [0.15, 0.2) is 0 Å². The number of hydrogen-bond donors (Lipinski definition) is 10. The van der Waals surface area contributed by atoms with Crippen LogP contribution in [0.1, 0.15) is 6.92 Å². The Morgan fingerprint density at radius 2 is 1.15 bits per heavy atom. The summed E-state index contributed by atoms with van der Waals surface area (Å²) in [4.78, 5) is 0. The van der Waals surface area contributed by atoms with Crippen molar-refractivity contribution in [1.29, 1.82) is 0 Å². The number of rotatable bonds is 6. The third kappa shape index (κ3) is 5.32. The van der Waals surface area contributed by atoms with E-state index >= 15 is 0 Å². The van der Waals surface area contributed by atoms with Gasteiger partial charge in [-0.3, -0.25) is 0 Å². The summed E-state index contributed by atoms with van der Waals surface area (Å²) in [7, 11) is 0. The Morgan fingerprint density at radius 1 is 0.636 bits per heavy atom. The lowest BCUT2D eigenvalue weighted by molar-refractivity contribution is -0.369. The van der Waals surface area contributed by atoms with Gasteiger partial charge in [-0.15, -0.1) is 0 Å². The lowest BCUT2D eigenvalue weighted by Gasteiger charge is -2.48. The maximum Gasteiger partial charge on any atom is 0.187 e. The van der Waals surface area contributed by atoms with Crippen molar-refractivity contribution < 1.29 is 69.6 Å². The van der Waals surface area contributed by atoms with Crippen LogP contribution in [0.4, 0.5) is 0 Å². The van der Waals surface area contributed by atoms with Crippen molar-refractivity contribution >= 4 is 0 Å². The zero-order chi connectivity index (χ0) is 24.6. The van der Waals surface area contributed by atoms with Gasteiger partial charge in [-0.25, -0.2) is 0 Å². The molecule has 33 heavy (non-hydrogen) atoms. The highest BCUT2D eigenvalue weighted by molar-refractivity contribution is 4.97. The van der Waals surface area contributed by atoms with Gasteiger partial charge >= 0.3 is 0 Å². The smallest absolute Gasteiger partial charge is 0.187 e. The highest BCUT2D eigenvalue weighted by Gasteiger charge is 2.53. The van der Waals surface area contributed by atoms with Crippen LogP contribution in [0.3, 0.4) is 0 Å². The summed E-state index contributed by atoms with van der Waals surface area (Å²) in [5.74, 6) is 0. The summed E-state index contributed by atoms with van der Waals surface area (Å²) in [6, 6.07) is -1.36. The van der Waals surface area contributed by atoms with Crippen molar-refractivity contribution in [2.75, 3.05) is 13.2 Å². The summed E-state index contributed by atoms with van der Waals surface area (Å²) < 4.78 is 27.3. The van der Waals surface area contributed by atoms with Gasteiger partial charge in [0.1, 0.15) is 61.0 Å². The molecule has 3 aliphatic rings. The highest BCUT2D eigenvalue weighted by Crippen LogP contribution is 2.32. The predicted molar refractivity (Wildman–Crippen MR) is 102 cm³/mol. The third-order valence-corrected chi connectivity index (χ3v) is 6.13. The van der Waals surface area contributed by atoms with Crippen molar-refractivity contribution in [2.24, 2.45) is 5.73 Å². The van der Waals surface area contributed by atoms with Gasteiger partial charge in [0.25, 0.3) is 0 Å². The fourth-order valence-electron chi connectivity index (χ4n) is 4.04. The fourth-order valence-corrected chi connectivity index (χ4v) is 4.04. The van der Waals surface area contributed by atoms with E-state index in [1.54, 1.807) is 0 Å². The molecule has 194 valence electrons. The SMILES string of the molecule is CC1OC(OC2C(CO)OC(O)C(N)C2OC2OC(CO)C(O)C(O)C2O)C(O)C(O)C1O. The second kappa shape index (κ2) is 11.0. The quantitative estimate of drug-likeness (QED) is 0.167. The zero-order valence-corrected chi connectivity index (χ0v) is 17.7. The van der Waals surface area contributed by atoms with Gasteiger partial charge < -0.3 is 75.4 Å². The zero-order valence-electron chi connectivity index (χ0n) is 17.7.